The molecule has 0 spiro atoms. The molecule has 0 heterocycles. The Labute approximate surface area is 116 Å². The van der Waals surface area contributed by atoms with Crippen LogP contribution in [0.1, 0.15) is 46.5 Å². The zero-order chi connectivity index (χ0) is 15.6. The van der Waals surface area contributed by atoms with Gasteiger partial charge in [0.15, 0.2) is 0 Å². The molecule has 2 N–H and O–H groups in total. The molecule has 7 heteroatoms. The molecule has 5 nitrogen and oxygen atoms in total. The van der Waals surface area contributed by atoms with Gasteiger partial charge in [0.05, 0.1) is 0 Å². The number of carbonyl (C=O) groups is 2. The number of hydrogen-bond donors (Lipinski definition) is 2. The van der Waals surface area contributed by atoms with Crippen LogP contribution in [0.4, 0.5) is 13.6 Å². The third-order valence-electron chi connectivity index (χ3n) is 3.06. The Morgan fingerprint density at radius 3 is 2.45 bits per heavy atom. The second-order valence-electron chi connectivity index (χ2n) is 6.24. The van der Waals surface area contributed by atoms with Crippen LogP contribution < -0.4 is 5.32 Å². The summed E-state index contributed by atoms with van der Waals surface area (Å²) in [6.07, 6.45) is -1.14. The first-order valence-electron chi connectivity index (χ1n) is 6.59. The molecule has 20 heavy (non-hydrogen) atoms. The van der Waals surface area contributed by atoms with Crippen LogP contribution in [0.5, 0.6) is 0 Å². The number of rotatable bonds is 4. The molecule has 0 bridgehead atoms. The number of carboxylic acid groups (broad SMARTS) is 1. The number of alkyl carbamates (subject to hydrolysis) is 1. The van der Waals surface area contributed by atoms with Crippen LogP contribution in [-0.4, -0.2) is 34.7 Å². The Kier molecular flexibility index (Phi) is 4.94. The summed E-state index contributed by atoms with van der Waals surface area (Å²) in [6, 6.07) is -1.20. The Morgan fingerprint density at radius 2 is 2.05 bits per heavy atom. The highest BCUT2D eigenvalue weighted by Crippen LogP contribution is 2.40. The molecule has 0 aromatic heterocycles. The predicted octanol–water partition coefficient (Wildman–Crippen LogP) is 2.79. The monoisotopic (exact) mass is 293 g/mol. The van der Waals surface area contributed by atoms with Crippen molar-refractivity contribution in [2.75, 3.05) is 0 Å². The van der Waals surface area contributed by atoms with E-state index in [1.807, 2.05) is 0 Å². The maximum absolute atomic E-state index is 13.1. The van der Waals surface area contributed by atoms with Gasteiger partial charge in [-0.05, 0) is 39.5 Å². The molecule has 2 unspecified atom stereocenters. The zero-order valence-corrected chi connectivity index (χ0v) is 11.9. The van der Waals surface area contributed by atoms with Gasteiger partial charge < -0.3 is 15.2 Å². The average Bonchev–Trinajstić information content (AvgIpc) is 2.54. The summed E-state index contributed by atoms with van der Waals surface area (Å²) in [6.45, 7) is 4.96. The van der Waals surface area contributed by atoms with Crippen LogP contribution in [0.3, 0.4) is 0 Å². The molecule has 1 fully saturated rings. The molecule has 1 saturated carbocycles. The van der Waals surface area contributed by atoms with E-state index in [9.17, 15) is 18.4 Å². The normalized spacial score (nSPS) is 23.1. The number of hydrogen-bond acceptors (Lipinski definition) is 3. The molecule has 116 valence electrons. The molecule has 0 radical (unpaired) electrons. The summed E-state index contributed by atoms with van der Waals surface area (Å²) in [5.41, 5.74) is -0.743. The van der Waals surface area contributed by atoms with E-state index >= 15 is 0 Å². The lowest BCUT2D eigenvalue weighted by atomic mass is 9.98. The van der Waals surface area contributed by atoms with E-state index in [0.29, 0.717) is 0 Å². The van der Waals surface area contributed by atoms with Gasteiger partial charge in [-0.2, -0.15) is 0 Å². The van der Waals surface area contributed by atoms with Gasteiger partial charge in [0, 0.05) is 12.8 Å². The fourth-order valence-corrected chi connectivity index (χ4v) is 2.25. The maximum Gasteiger partial charge on any atom is 0.408 e. The number of carbonyl (C=O) groups excluding carboxylic acids is 1. The fraction of sp³-hybridized carbons (Fsp3) is 0.846. The van der Waals surface area contributed by atoms with E-state index in [4.69, 9.17) is 9.84 Å². The zero-order valence-electron chi connectivity index (χ0n) is 11.9. The van der Waals surface area contributed by atoms with Crippen molar-refractivity contribution in [3.05, 3.63) is 0 Å². The molecule has 0 aliphatic heterocycles. The lowest BCUT2D eigenvalue weighted by Crippen LogP contribution is -2.44. The number of halogens is 2. The fourth-order valence-electron chi connectivity index (χ4n) is 2.25. The van der Waals surface area contributed by atoms with Crippen molar-refractivity contribution >= 4 is 12.1 Å². The van der Waals surface area contributed by atoms with Crippen molar-refractivity contribution in [1.29, 1.82) is 0 Å². The molecule has 1 aliphatic carbocycles. The van der Waals surface area contributed by atoms with Gasteiger partial charge in [0.1, 0.15) is 11.6 Å². The van der Waals surface area contributed by atoms with E-state index in [0.717, 1.165) is 0 Å². The summed E-state index contributed by atoms with van der Waals surface area (Å²) in [4.78, 5) is 22.6. The van der Waals surface area contributed by atoms with E-state index < -0.39 is 35.5 Å². The van der Waals surface area contributed by atoms with Crippen molar-refractivity contribution in [2.24, 2.45) is 5.92 Å². The molecule has 0 aromatic carbocycles. The number of ether oxygens (including phenoxy) is 1. The second kappa shape index (κ2) is 5.93. The minimum absolute atomic E-state index is 0.00976. The highest BCUT2D eigenvalue weighted by molar-refractivity contribution is 5.80. The summed E-state index contributed by atoms with van der Waals surface area (Å²) in [5, 5.41) is 11.3. The predicted molar refractivity (Wildman–Crippen MR) is 67.7 cm³/mol. The van der Waals surface area contributed by atoms with Crippen LogP contribution in [0.25, 0.3) is 0 Å². The second-order valence-corrected chi connectivity index (χ2v) is 6.24. The Morgan fingerprint density at radius 1 is 1.45 bits per heavy atom. The Hall–Kier alpha value is -1.40. The topological polar surface area (TPSA) is 75.6 Å². The lowest BCUT2D eigenvalue weighted by molar-refractivity contribution is -0.140. The van der Waals surface area contributed by atoms with Crippen LogP contribution in [-0.2, 0) is 9.53 Å². The molecule has 1 aliphatic rings. The van der Waals surface area contributed by atoms with E-state index in [1.165, 1.54) is 0 Å². The van der Waals surface area contributed by atoms with E-state index in [-0.39, 0.29) is 25.7 Å². The van der Waals surface area contributed by atoms with Crippen molar-refractivity contribution in [3.8, 4) is 0 Å². The van der Waals surface area contributed by atoms with Crippen molar-refractivity contribution in [2.45, 2.75) is 64.0 Å². The van der Waals surface area contributed by atoms with Gasteiger partial charge >= 0.3 is 12.1 Å². The van der Waals surface area contributed by atoms with E-state index in [1.54, 1.807) is 20.8 Å². The average molecular weight is 293 g/mol. The number of carboxylic acids is 1. The molecule has 0 aromatic rings. The minimum Gasteiger partial charge on any atom is -0.480 e. The third-order valence-corrected chi connectivity index (χ3v) is 3.06. The van der Waals surface area contributed by atoms with Gasteiger partial charge in [0.25, 0.3) is 0 Å². The summed E-state index contributed by atoms with van der Waals surface area (Å²) in [7, 11) is 0. The molecule has 1 amide bonds. The summed E-state index contributed by atoms with van der Waals surface area (Å²) >= 11 is 0. The first-order chi connectivity index (χ1) is 8.98. The van der Waals surface area contributed by atoms with Crippen LogP contribution in [0.15, 0.2) is 0 Å². The number of alkyl halides is 2. The number of amides is 1. The SMILES string of the molecule is CC(C)(C)OC(=O)NC(CC1CCC(F)(F)C1)C(=O)O. The van der Waals surface area contributed by atoms with Crippen LogP contribution in [0.2, 0.25) is 0 Å². The van der Waals surface area contributed by atoms with Gasteiger partial charge in [-0.1, -0.05) is 0 Å². The summed E-state index contributed by atoms with van der Waals surface area (Å²) in [5.74, 6) is -4.37. The molecular weight excluding hydrogens is 272 g/mol. The largest absolute Gasteiger partial charge is 0.480 e. The maximum atomic E-state index is 13.1. The molecule has 1 rings (SSSR count). The highest BCUT2D eigenvalue weighted by atomic mass is 19.3. The molecule has 0 saturated heterocycles. The van der Waals surface area contributed by atoms with Gasteiger partial charge in [-0.25, -0.2) is 18.4 Å². The molecule has 2 atom stereocenters. The first kappa shape index (κ1) is 16.7. The lowest BCUT2D eigenvalue weighted by Gasteiger charge is -2.23. The number of nitrogens with one attached hydrogen (secondary N) is 1. The molecular formula is C13H21F2NO4. The standard InChI is InChI=1S/C13H21F2NO4/c1-12(2,3)20-11(19)16-9(10(17)18)6-8-4-5-13(14,15)7-8/h8-9H,4-7H2,1-3H3,(H,16,19)(H,17,18). The quantitative estimate of drug-likeness (QED) is 0.835. The van der Waals surface area contributed by atoms with Crippen LogP contribution >= 0.6 is 0 Å². The van der Waals surface area contributed by atoms with Crippen LogP contribution in [0, 0.1) is 5.92 Å². The van der Waals surface area contributed by atoms with Crippen molar-refractivity contribution in [3.63, 3.8) is 0 Å². The van der Waals surface area contributed by atoms with E-state index in [2.05, 4.69) is 5.32 Å². The van der Waals surface area contributed by atoms with Crippen molar-refractivity contribution in [1.82, 2.24) is 5.32 Å². The third kappa shape index (κ3) is 5.71. The first-order valence-corrected chi connectivity index (χ1v) is 6.59. The Balaban J connectivity index is 2.54. The van der Waals surface area contributed by atoms with Gasteiger partial charge in [-0.15, -0.1) is 0 Å². The Bertz CT molecular complexity index is 379. The highest BCUT2D eigenvalue weighted by Gasteiger charge is 2.41. The van der Waals surface area contributed by atoms with Gasteiger partial charge in [0.2, 0.25) is 5.92 Å². The number of aliphatic carboxylic acids is 1. The minimum atomic E-state index is -2.72. The smallest absolute Gasteiger partial charge is 0.408 e. The summed E-state index contributed by atoms with van der Waals surface area (Å²) < 4.78 is 31.1. The van der Waals surface area contributed by atoms with Gasteiger partial charge in [-0.3, -0.25) is 0 Å². The van der Waals surface area contributed by atoms with Crippen molar-refractivity contribution < 1.29 is 28.2 Å².